The van der Waals surface area contributed by atoms with E-state index in [1.807, 2.05) is 6.07 Å². The van der Waals surface area contributed by atoms with Gasteiger partial charge in [-0.05, 0) is 36.4 Å². The molecular formula is C14H10FN3O2. The van der Waals surface area contributed by atoms with Gasteiger partial charge in [0.1, 0.15) is 5.82 Å². The molecule has 2 aromatic rings. The molecule has 0 heterocycles. The third-order valence-electron chi connectivity index (χ3n) is 2.67. The summed E-state index contributed by atoms with van der Waals surface area (Å²) in [5.41, 5.74) is 6.84. The van der Waals surface area contributed by atoms with E-state index in [4.69, 9.17) is 16.1 Å². The van der Waals surface area contributed by atoms with Crippen LogP contribution < -0.4 is 11.1 Å². The van der Waals surface area contributed by atoms with Gasteiger partial charge in [-0.25, -0.2) is 9.18 Å². The van der Waals surface area contributed by atoms with Crippen molar-refractivity contribution in [3.8, 4) is 6.07 Å². The number of aromatic carboxylic acids is 1. The summed E-state index contributed by atoms with van der Waals surface area (Å²) in [5, 5.41) is 20.2. The third-order valence-corrected chi connectivity index (χ3v) is 2.67. The van der Waals surface area contributed by atoms with Crippen molar-refractivity contribution in [2.24, 2.45) is 0 Å². The molecule has 0 atom stereocenters. The van der Waals surface area contributed by atoms with Gasteiger partial charge >= 0.3 is 5.97 Å². The van der Waals surface area contributed by atoms with Gasteiger partial charge in [-0.1, -0.05) is 0 Å². The van der Waals surface area contributed by atoms with E-state index in [9.17, 15) is 9.18 Å². The zero-order valence-corrected chi connectivity index (χ0v) is 10.2. The second-order valence-electron chi connectivity index (χ2n) is 4.04. The average Bonchev–Trinajstić information content (AvgIpc) is 2.42. The van der Waals surface area contributed by atoms with E-state index in [2.05, 4.69) is 5.32 Å². The number of hydrogen-bond donors (Lipinski definition) is 3. The monoisotopic (exact) mass is 271 g/mol. The highest BCUT2D eigenvalue weighted by Crippen LogP contribution is 2.26. The number of carbonyl (C=O) groups is 1. The number of rotatable bonds is 3. The SMILES string of the molecule is N#Cc1ccc(Nc2ccc(C(=O)O)cc2F)c(N)c1. The Morgan fingerprint density at radius 3 is 2.50 bits per heavy atom. The van der Waals surface area contributed by atoms with Gasteiger partial charge in [-0.2, -0.15) is 5.26 Å². The fourth-order valence-electron chi connectivity index (χ4n) is 1.64. The second kappa shape index (κ2) is 5.28. The van der Waals surface area contributed by atoms with Crippen LogP contribution in [-0.2, 0) is 0 Å². The van der Waals surface area contributed by atoms with Gasteiger partial charge in [0, 0.05) is 0 Å². The molecule has 0 aliphatic carbocycles. The van der Waals surface area contributed by atoms with Crippen molar-refractivity contribution in [2.45, 2.75) is 0 Å². The molecule has 100 valence electrons. The normalized spacial score (nSPS) is 9.80. The minimum atomic E-state index is -1.20. The molecule has 20 heavy (non-hydrogen) atoms. The van der Waals surface area contributed by atoms with Crippen LogP contribution in [0.2, 0.25) is 0 Å². The number of nitrogens with two attached hydrogens (primary N) is 1. The van der Waals surface area contributed by atoms with Crippen molar-refractivity contribution in [1.82, 2.24) is 0 Å². The summed E-state index contributed by atoms with van der Waals surface area (Å²) in [6, 6.07) is 10.0. The van der Waals surface area contributed by atoms with Crippen molar-refractivity contribution in [2.75, 3.05) is 11.1 Å². The first-order chi connectivity index (χ1) is 9.51. The molecule has 0 saturated carbocycles. The number of benzene rings is 2. The Hall–Kier alpha value is -3.07. The maximum absolute atomic E-state index is 13.8. The van der Waals surface area contributed by atoms with E-state index < -0.39 is 11.8 Å². The molecule has 0 aliphatic heterocycles. The van der Waals surface area contributed by atoms with Crippen molar-refractivity contribution in [3.05, 3.63) is 53.3 Å². The predicted molar refractivity (Wildman–Crippen MR) is 72.2 cm³/mol. The molecule has 4 N–H and O–H groups in total. The van der Waals surface area contributed by atoms with Crippen LogP contribution in [0.4, 0.5) is 21.5 Å². The van der Waals surface area contributed by atoms with E-state index in [0.29, 0.717) is 16.9 Å². The lowest BCUT2D eigenvalue weighted by molar-refractivity contribution is 0.0696. The molecule has 0 aliphatic rings. The van der Waals surface area contributed by atoms with Crippen LogP contribution in [-0.4, -0.2) is 11.1 Å². The van der Waals surface area contributed by atoms with Crippen LogP contribution >= 0.6 is 0 Å². The third kappa shape index (κ3) is 2.67. The molecule has 0 spiro atoms. The van der Waals surface area contributed by atoms with Crippen LogP contribution in [0.25, 0.3) is 0 Å². The highest BCUT2D eigenvalue weighted by Gasteiger charge is 2.09. The summed E-state index contributed by atoms with van der Waals surface area (Å²) < 4.78 is 13.8. The lowest BCUT2D eigenvalue weighted by atomic mass is 10.1. The largest absolute Gasteiger partial charge is 0.478 e. The Balaban J connectivity index is 2.31. The molecule has 0 saturated heterocycles. The Morgan fingerprint density at radius 1 is 1.25 bits per heavy atom. The van der Waals surface area contributed by atoms with Gasteiger partial charge in [0.05, 0.1) is 34.3 Å². The number of nitrogens with one attached hydrogen (secondary N) is 1. The topological polar surface area (TPSA) is 99.1 Å². The molecule has 5 nitrogen and oxygen atoms in total. The summed E-state index contributed by atoms with van der Waals surface area (Å²) in [6.07, 6.45) is 0. The van der Waals surface area contributed by atoms with Crippen LogP contribution in [0, 0.1) is 17.1 Å². The molecular weight excluding hydrogens is 261 g/mol. The number of halogens is 1. The van der Waals surface area contributed by atoms with Crippen LogP contribution in [0.1, 0.15) is 15.9 Å². The highest BCUT2D eigenvalue weighted by atomic mass is 19.1. The summed E-state index contributed by atoms with van der Waals surface area (Å²) in [6.45, 7) is 0. The number of carboxylic acid groups (broad SMARTS) is 1. The fourth-order valence-corrected chi connectivity index (χ4v) is 1.64. The van der Waals surface area contributed by atoms with Gasteiger partial charge in [0.15, 0.2) is 0 Å². The Labute approximate surface area is 114 Å². The minimum absolute atomic E-state index is 0.103. The van der Waals surface area contributed by atoms with Gasteiger partial charge < -0.3 is 16.2 Å². The first kappa shape index (κ1) is 13.4. The maximum Gasteiger partial charge on any atom is 0.335 e. The van der Waals surface area contributed by atoms with Crippen molar-refractivity contribution in [1.29, 1.82) is 5.26 Å². The molecule has 0 fully saturated rings. The van der Waals surface area contributed by atoms with E-state index in [1.165, 1.54) is 18.2 Å². The molecule has 0 amide bonds. The minimum Gasteiger partial charge on any atom is -0.478 e. The first-order valence-corrected chi connectivity index (χ1v) is 5.61. The quantitative estimate of drug-likeness (QED) is 0.745. The average molecular weight is 271 g/mol. The smallest absolute Gasteiger partial charge is 0.335 e. The van der Waals surface area contributed by atoms with Crippen molar-refractivity contribution < 1.29 is 14.3 Å². The number of nitriles is 1. The lowest BCUT2D eigenvalue weighted by Gasteiger charge is -2.10. The summed E-state index contributed by atoms with van der Waals surface area (Å²) in [4.78, 5) is 10.7. The van der Waals surface area contributed by atoms with Gasteiger partial charge in [0.2, 0.25) is 0 Å². The fraction of sp³-hybridized carbons (Fsp3) is 0. The number of nitrogens with zero attached hydrogens (tertiary/aromatic N) is 1. The second-order valence-corrected chi connectivity index (χ2v) is 4.04. The molecule has 0 aromatic heterocycles. The standard InChI is InChI=1S/C14H10FN3O2/c15-10-6-9(14(19)20)2-4-12(10)18-13-3-1-8(7-16)5-11(13)17/h1-6,18H,17H2,(H,19,20). The Bertz CT molecular complexity index is 723. The van der Waals surface area contributed by atoms with E-state index >= 15 is 0 Å². The molecule has 2 rings (SSSR count). The number of nitrogen functional groups attached to an aromatic ring is 1. The van der Waals surface area contributed by atoms with Gasteiger partial charge in [-0.15, -0.1) is 0 Å². The molecule has 2 aromatic carbocycles. The summed E-state index contributed by atoms with van der Waals surface area (Å²) >= 11 is 0. The van der Waals surface area contributed by atoms with Crippen LogP contribution in [0.15, 0.2) is 36.4 Å². The molecule has 0 unspecified atom stereocenters. The molecule has 6 heteroatoms. The highest BCUT2D eigenvalue weighted by molar-refractivity contribution is 5.88. The molecule has 0 bridgehead atoms. The number of hydrogen-bond acceptors (Lipinski definition) is 4. The van der Waals surface area contributed by atoms with E-state index in [0.717, 1.165) is 6.07 Å². The Kier molecular flexibility index (Phi) is 3.53. The zero-order valence-electron chi connectivity index (χ0n) is 10.2. The van der Waals surface area contributed by atoms with Gasteiger partial charge in [-0.3, -0.25) is 0 Å². The zero-order chi connectivity index (χ0) is 14.7. The summed E-state index contributed by atoms with van der Waals surface area (Å²) in [7, 11) is 0. The lowest BCUT2D eigenvalue weighted by Crippen LogP contribution is -2.01. The number of anilines is 3. The van der Waals surface area contributed by atoms with Crippen LogP contribution in [0.3, 0.4) is 0 Å². The van der Waals surface area contributed by atoms with Crippen molar-refractivity contribution in [3.63, 3.8) is 0 Å². The van der Waals surface area contributed by atoms with E-state index in [1.54, 1.807) is 12.1 Å². The van der Waals surface area contributed by atoms with Crippen LogP contribution in [0.5, 0.6) is 0 Å². The predicted octanol–water partition coefficient (Wildman–Crippen LogP) is 2.72. The van der Waals surface area contributed by atoms with E-state index in [-0.39, 0.29) is 11.3 Å². The summed E-state index contributed by atoms with van der Waals surface area (Å²) in [5.74, 6) is -1.90. The first-order valence-electron chi connectivity index (χ1n) is 5.61. The molecule has 0 radical (unpaired) electrons. The maximum atomic E-state index is 13.8. The van der Waals surface area contributed by atoms with Gasteiger partial charge in [0.25, 0.3) is 0 Å². The number of carboxylic acids is 1. The van der Waals surface area contributed by atoms with Crippen molar-refractivity contribution >= 4 is 23.0 Å². The Morgan fingerprint density at radius 2 is 1.95 bits per heavy atom.